The number of anilines is 1. The highest BCUT2D eigenvalue weighted by atomic mass is 16.2. The molecule has 2 amide bonds. The normalized spacial score (nSPS) is 15.1. The van der Waals surface area contributed by atoms with E-state index in [1.807, 2.05) is 6.92 Å². The van der Waals surface area contributed by atoms with Crippen LogP contribution < -0.4 is 10.2 Å². The van der Waals surface area contributed by atoms with E-state index in [4.69, 9.17) is 0 Å². The number of aromatic nitrogens is 2. The van der Waals surface area contributed by atoms with E-state index in [1.165, 1.54) is 0 Å². The number of urea groups is 1. The lowest BCUT2D eigenvalue weighted by atomic mass is 10.1. The van der Waals surface area contributed by atoms with Crippen LogP contribution in [-0.2, 0) is 6.42 Å². The van der Waals surface area contributed by atoms with Crippen LogP contribution in [0.25, 0.3) is 0 Å². The highest BCUT2D eigenvalue weighted by Gasteiger charge is 2.23. The fourth-order valence-electron chi connectivity index (χ4n) is 1.72. The Labute approximate surface area is 82.5 Å². The van der Waals surface area contributed by atoms with Crippen LogP contribution in [0, 0.1) is 0 Å². The van der Waals surface area contributed by atoms with Crippen molar-refractivity contribution in [3.8, 4) is 0 Å². The average molecular weight is 194 g/mol. The molecule has 0 aliphatic carbocycles. The molecule has 0 spiro atoms. The second-order valence-corrected chi connectivity index (χ2v) is 3.32. The van der Waals surface area contributed by atoms with Crippen molar-refractivity contribution in [2.24, 2.45) is 0 Å². The van der Waals surface area contributed by atoms with Crippen molar-refractivity contribution in [3.05, 3.63) is 11.9 Å². The van der Waals surface area contributed by atoms with E-state index in [2.05, 4.69) is 15.5 Å². The van der Waals surface area contributed by atoms with E-state index in [1.54, 1.807) is 11.1 Å². The fourth-order valence-corrected chi connectivity index (χ4v) is 1.72. The van der Waals surface area contributed by atoms with Crippen LogP contribution in [0.15, 0.2) is 6.20 Å². The van der Waals surface area contributed by atoms with E-state index in [0.29, 0.717) is 6.54 Å². The molecule has 76 valence electrons. The number of carbonyl (C=O) groups excluding carboxylic acids is 1. The van der Waals surface area contributed by atoms with Gasteiger partial charge in [-0.25, -0.2) is 4.79 Å². The summed E-state index contributed by atoms with van der Waals surface area (Å²) in [5, 5.41) is 9.65. The molecule has 2 rings (SSSR count). The van der Waals surface area contributed by atoms with Crippen LogP contribution in [0.3, 0.4) is 0 Å². The Kier molecular flexibility index (Phi) is 2.39. The van der Waals surface area contributed by atoms with Gasteiger partial charge < -0.3 is 5.32 Å². The largest absolute Gasteiger partial charge is 0.338 e. The van der Waals surface area contributed by atoms with Gasteiger partial charge in [0.15, 0.2) is 0 Å². The van der Waals surface area contributed by atoms with E-state index in [9.17, 15) is 4.79 Å². The zero-order valence-electron chi connectivity index (χ0n) is 8.21. The number of nitrogens with zero attached hydrogens (tertiary/aromatic N) is 2. The van der Waals surface area contributed by atoms with Crippen LogP contribution in [-0.4, -0.2) is 29.3 Å². The van der Waals surface area contributed by atoms with Crippen molar-refractivity contribution < 1.29 is 4.79 Å². The van der Waals surface area contributed by atoms with Gasteiger partial charge in [0.05, 0.1) is 17.6 Å². The van der Waals surface area contributed by atoms with Crippen LogP contribution in [0.4, 0.5) is 10.5 Å². The molecule has 0 radical (unpaired) electrons. The lowest BCUT2D eigenvalue weighted by Crippen LogP contribution is -2.42. The molecule has 0 fully saturated rings. The van der Waals surface area contributed by atoms with Crippen molar-refractivity contribution in [1.82, 2.24) is 15.5 Å². The maximum atomic E-state index is 11.6. The van der Waals surface area contributed by atoms with Gasteiger partial charge in [0.25, 0.3) is 0 Å². The number of H-pyrrole nitrogens is 1. The molecule has 1 aliphatic heterocycles. The zero-order valence-corrected chi connectivity index (χ0v) is 8.21. The summed E-state index contributed by atoms with van der Waals surface area (Å²) in [5.41, 5.74) is 1.98. The van der Waals surface area contributed by atoms with Gasteiger partial charge in [-0.3, -0.25) is 10.00 Å². The minimum Gasteiger partial charge on any atom is -0.338 e. The van der Waals surface area contributed by atoms with Crippen molar-refractivity contribution in [3.63, 3.8) is 0 Å². The van der Waals surface area contributed by atoms with Gasteiger partial charge in [0, 0.05) is 13.1 Å². The Balaban J connectivity index is 2.19. The quantitative estimate of drug-likeness (QED) is 0.697. The van der Waals surface area contributed by atoms with E-state index in [0.717, 1.165) is 30.8 Å². The number of fused-ring (bicyclic) bond motifs is 1. The molecular formula is C9H14N4O. The van der Waals surface area contributed by atoms with E-state index in [-0.39, 0.29) is 6.03 Å². The Morgan fingerprint density at radius 3 is 3.43 bits per heavy atom. The molecule has 0 unspecified atom stereocenters. The summed E-state index contributed by atoms with van der Waals surface area (Å²) in [5.74, 6) is 0. The summed E-state index contributed by atoms with van der Waals surface area (Å²) < 4.78 is 0. The first kappa shape index (κ1) is 9.05. The number of nitrogens with one attached hydrogen (secondary N) is 2. The van der Waals surface area contributed by atoms with Crippen molar-refractivity contribution >= 4 is 11.7 Å². The Morgan fingerprint density at radius 2 is 2.64 bits per heavy atom. The molecule has 0 atom stereocenters. The molecule has 14 heavy (non-hydrogen) atoms. The number of amides is 2. The summed E-state index contributed by atoms with van der Waals surface area (Å²) in [4.78, 5) is 13.4. The smallest absolute Gasteiger partial charge is 0.321 e. The second kappa shape index (κ2) is 3.69. The van der Waals surface area contributed by atoms with Crippen LogP contribution >= 0.6 is 0 Å². The minimum absolute atomic E-state index is 0.0325. The first-order valence-electron chi connectivity index (χ1n) is 4.90. The molecular weight excluding hydrogens is 180 g/mol. The molecule has 1 aromatic rings. The second-order valence-electron chi connectivity index (χ2n) is 3.32. The van der Waals surface area contributed by atoms with Crippen LogP contribution in [0.1, 0.15) is 19.0 Å². The van der Waals surface area contributed by atoms with Gasteiger partial charge in [-0.2, -0.15) is 5.10 Å². The van der Waals surface area contributed by atoms with Gasteiger partial charge in [0.2, 0.25) is 0 Å². The van der Waals surface area contributed by atoms with Gasteiger partial charge in [-0.1, -0.05) is 0 Å². The molecule has 2 N–H and O–H groups in total. The number of rotatable bonds is 1. The lowest BCUT2D eigenvalue weighted by molar-refractivity contribution is 0.246. The number of aryl methyl sites for hydroxylation is 1. The summed E-state index contributed by atoms with van der Waals surface area (Å²) in [6.07, 6.45) is 3.68. The molecule has 5 heteroatoms. The van der Waals surface area contributed by atoms with Gasteiger partial charge >= 0.3 is 6.03 Å². The Bertz CT molecular complexity index is 333. The predicted octanol–water partition coefficient (Wildman–Crippen LogP) is 0.892. The molecule has 0 aromatic carbocycles. The minimum atomic E-state index is -0.0325. The SMILES string of the molecule is CCNC(=O)N1CCCc2[nH]ncc21. The number of carbonyl (C=O) groups is 1. The maximum absolute atomic E-state index is 11.6. The molecule has 2 heterocycles. The maximum Gasteiger partial charge on any atom is 0.321 e. The molecule has 5 nitrogen and oxygen atoms in total. The topological polar surface area (TPSA) is 61.0 Å². The van der Waals surface area contributed by atoms with Gasteiger partial charge in [0.1, 0.15) is 0 Å². The lowest BCUT2D eigenvalue weighted by Gasteiger charge is -2.26. The standard InChI is InChI=1S/C9H14N4O/c1-2-10-9(14)13-5-3-4-7-8(13)6-11-12-7/h6H,2-5H2,1H3,(H,10,14)(H,11,12). The highest BCUT2D eigenvalue weighted by molar-refractivity contribution is 5.92. The van der Waals surface area contributed by atoms with Gasteiger partial charge in [-0.05, 0) is 19.8 Å². The Morgan fingerprint density at radius 1 is 1.79 bits per heavy atom. The molecule has 0 saturated carbocycles. The highest BCUT2D eigenvalue weighted by Crippen LogP contribution is 2.24. The van der Waals surface area contributed by atoms with Crippen molar-refractivity contribution in [1.29, 1.82) is 0 Å². The van der Waals surface area contributed by atoms with E-state index < -0.39 is 0 Å². The molecule has 0 bridgehead atoms. The zero-order chi connectivity index (χ0) is 9.97. The molecule has 1 aliphatic rings. The van der Waals surface area contributed by atoms with Crippen LogP contribution in [0.5, 0.6) is 0 Å². The summed E-state index contributed by atoms with van der Waals surface area (Å²) in [7, 11) is 0. The number of hydrogen-bond acceptors (Lipinski definition) is 2. The molecule has 1 aromatic heterocycles. The fraction of sp³-hybridized carbons (Fsp3) is 0.556. The van der Waals surface area contributed by atoms with E-state index >= 15 is 0 Å². The number of hydrogen-bond donors (Lipinski definition) is 2. The van der Waals surface area contributed by atoms with Crippen molar-refractivity contribution in [2.75, 3.05) is 18.0 Å². The summed E-state index contributed by atoms with van der Waals surface area (Å²) in [6, 6.07) is -0.0325. The number of aromatic amines is 1. The van der Waals surface area contributed by atoms with Crippen molar-refractivity contribution in [2.45, 2.75) is 19.8 Å². The third-order valence-electron chi connectivity index (χ3n) is 2.37. The van der Waals surface area contributed by atoms with Gasteiger partial charge in [-0.15, -0.1) is 0 Å². The third kappa shape index (κ3) is 1.45. The van der Waals surface area contributed by atoms with Crippen LogP contribution in [0.2, 0.25) is 0 Å². The summed E-state index contributed by atoms with van der Waals surface area (Å²) in [6.45, 7) is 3.35. The molecule has 0 saturated heterocycles. The predicted molar refractivity (Wildman–Crippen MR) is 53.3 cm³/mol. The first-order chi connectivity index (χ1) is 6.83. The Hall–Kier alpha value is -1.52. The monoisotopic (exact) mass is 194 g/mol. The average Bonchev–Trinajstić information content (AvgIpc) is 2.65. The first-order valence-corrected chi connectivity index (χ1v) is 4.90. The third-order valence-corrected chi connectivity index (χ3v) is 2.37. The summed E-state index contributed by atoms with van der Waals surface area (Å²) >= 11 is 0.